The number of nitrogens with one attached hydrogen (secondary N) is 2. The van der Waals surface area contributed by atoms with Gasteiger partial charge in [0.2, 0.25) is 0 Å². The first-order chi connectivity index (χ1) is 15.0. The molecule has 0 saturated heterocycles. The average molecular weight is 436 g/mol. The number of carbonyl (C=O) groups is 1. The van der Waals surface area contributed by atoms with Gasteiger partial charge in [-0.1, -0.05) is 0 Å². The smallest absolute Gasteiger partial charge is 0.257 e. The quantitative estimate of drug-likeness (QED) is 0.587. The van der Waals surface area contributed by atoms with Gasteiger partial charge in [-0.2, -0.15) is 0 Å². The van der Waals surface area contributed by atoms with Crippen molar-refractivity contribution in [1.82, 2.24) is 19.9 Å². The van der Waals surface area contributed by atoms with Crippen molar-refractivity contribution in [3.8, 4) is 21.8 Å². The van der Waals surface area contributed by atoms with E-state index < -0.39 is 0 Å². The minimum Gasteiger partial charge on any atom is -0.370 e. The van der Waals surface area contributed by atoms with E-state index in [4.69, 9.17) is 4.98 Å². The molecule has 2 aliphatic rings. The molecule has 2 fully saturated rings. The van der Waals surface area contributed by atoms with Gasteiger partial charge in [0.1, 0.15) is 10.8 Å². The van der Waals surface area contributed by atoms with Gasteiger partial charge < -0.3 is 15.2 Å². The molecule has 8 heteroatoms. The van der Waals surface area contributed by atoms with Gasteiger partial charge in [-0.3, -0.25) is 9.59 Å². The summed E-state index contributed by atoms with van der Waals surface area (Å²) in [6.07, 6.45) is 6.42. The minimum absolute atomic E-state index is 0.0616. The monoisotopic (exact) mass is 435 g/mol. The normalized spacial score (nSPS) is 15.7. The number of aromatic amines is 1. The van der Waals surface area contributed by atoms with Gasteiger partial charge in [-0.05, 0) is 56.7 Å². The third kappa shape index (κ3) is 4.25. The molecule has 7 nitrogen and oxygen atoms in total. The Morgan fingerprint density at radius 1 is 1.29 bits per heavy atom. The molecular weight excluding hydrogens is 410 g/mol. The third-order valence-electron chi connectivity index (χ3n) is 5.94. The second-order valence-electron chi connectivity index (χ2n) is 8.49. The van der Waals surface area contributed by atoms with Crippen molar-refractivity contribution < 1.29 is 4.79 Å². The van der Waals surface area contributed by atoms with Crippen molar-refractivity contribution in [3.05, 3.63) is 51.4 Å². The number of nitrogens with zero attached hydrogens (tertiary/aromatic N) is 3. The van der Waals surface area contributed by atoms with Gasteiger partial charge in [0.25, 0.3) is 11.5 Å². The van der Waals surface area contributed by atoms with E-state index in [1.54, 1.807) is 24.1 Å². The first-order valence-corrected chi connectivity index (χ1v) is 11.5. The number of hydrogen-bond donors (Lipinski definition) is 2. The van der Waals surface area contributed by atoms with E-state index in [1.807, 2.05) is 24.6 Å². The highest BCUT2D eigenvalue weighted by atomic mass is 32.1. The van der Waals surface area contributed by atoms with Crippen molar-refractivity contribution in [2.75, 3.05) is 18.9 Å². The maximum Gasteiger partial charge on any atom is 0.257 e. The van der Waals surface area contributed by atoms with Gasteiger partial charge >= 0.3 is 0 Å². The van der Waals surface area contributed by atoms with Gasteiger partial charge in [-0.15, -0.1) is 11.3 Å². The van der Waals surface area contributed by atoms with Crippen LogP contribution >= 0.6 is 11.3 Å². The van der Waals surface area contributed by atoms with Crippen LogP contribution in [0.3, 0.4) is 0 Å². The summed E-state index contributed by atoms with van der Waals surface area (Å²) in [6, 6.07) is 5.90. The maximum atomic E-state index is 12.9. The molecule has 0 unspecified atom stereocenters. The molecule has 2 saturated carbocycles. The first kappa shape index (κ1) is 19.9. The Balaban J connectivity index is 1.42. The summed E-state index contributed by atoms with van der Waals surface area (Å²) in [7, 11) is 1.82. The molecule has 2 aliphatic carbocycles. The second-order valence-corrected chi connectivity index (χ2v) is 9.35. The van der Waals surface area contributed by atoms with E-state index in [9.17, 15) is 9.59 Å². The Bertz CT molecular complexity index is 1190. The first-order valence-electron chi connectivity index (χ1n) is 10.7. The van der Waals surface area contributed by atoms with Crippen LogP contribution < -0.4 is 10.9 Å². The zero-order chi connectivity index (χ0) is 21.5. The largest absolute Gasteiger partial charge is 0.370 e. The van der Waals surface area contributed by atoms with Crippen molar-refractivity contribution >= 4 is 23.1 Å². The van der Waals surface area contributed by atoms with Gasteiger partial charge in [0, 0.05) is 42.5 Å². The second kappa shape index (κ2) is 7.92. The van der Waals surface area contributed by atoms with Crippen LogP contribution in [0.5, 0.6) is 0 Å². The molecule has 3 aromatic rings. The summed E-state index contributed by atoms with van der Waals surface area (Å²) < 4.78 is 0. The summed E-state index contributed by atoms with van der Waals surface area (Å²) in [6.45, 7) is 2.71. The van der Waals surface area contributed by atoms with Gasteiger partial charge in [0.15, 0.2) is 0 Å². The maximum absolute atomic E-state index is 12.9. The van der Waals surface area contributed by atoms with Crippen LogP contribution in [0.4, 0.5) is 5.82 Å². The third-order valence-corrected chi connectivity index (χ3v) is 6.83. The number of carbonyl (C=O) groups excluding carboxylic acids is 1. The van der Waals surface area contributed by atoms with Crippen LogP contribution in [0.25, 0.3) is 21.8 Å². The van der Waals surface area contributed by atoms with Crippen LogP contribution in [0, 0.1) is 12.8 Å². The number of amides is 1. The molecule has 2 N–H and O–H groups in total. The lowest BCUT2D eigenvalue weighted by molar-refractivity contribution is 0.0784. The molecule has 3 heterocycles. The summed E-state index contributed by atoms with van der Waals surface area (Å²) in [5, 5.41) is 6.07. The van der Waals surface area contributed by atoms with E-state index >= 15 is 0 Å². The number of pyridine rings is 2. The summed E-state index contributed by atoms with van der Waals surface area (Å²) in [5.74, 6) is 1.54. The molecule has 1 amide bonds. The summed E-state index contributed by atoms with van der Waals surface area (Å²) in [4.78, 5) is 39.2. The molecule has 0 atom stereocenters. The molecule has 31 heavy (non-hydrogen) atoms. The number of thiazole rings is 1. The predicted octanol–water partition coefficient (Wildman–Crippen LogP) is 3.93. The van der Waals surface area contributed by atoms with Crippen molar-refractivity contribution in [3.63, 3.8) is 0 Å². The molecule has 160 valence electrons. The topological polar surface area (TPSA) is 91.0 Å². The number of aromatic nitrogens is 3. The number of hydrogen-bond acceptors (Lipinski definition) is 6. The lowest BCUT2D eigenvalue weighted by Gasteiger charge is -2.17. The van der Waals surface area contributed by atoms with Crippen molar-refractivity contribution in [2.45, 2.75) is 38.6 Å². The van der Waals surface area contributed by atoms with E-state index in [0.29, 0.717) is 28.6 Å². The lowest BCUT2D eigenvalue weighted by atomic mass is 10.1. The van der Waals surface area contributed by atoms with Crippen LogP contribution in [0.15, 0.2) is 34.6 Å². The number of H-pyrrole nitrogens is 1. The molecule has 0 spiro atoms. The molecule has 0 aliphatic heterocycles. The number of anilines is 1. The van der Waals surface area contributed by atoms with Crippen molar-refractivity contribution in [2.24, 2.45) is 5.92 Å². The lowest BCUT2D eigenvalue weighted by Crippen LogP contribution is -2.30. The Hall–Kier alpha value is -3.00. The standard InChI is InChI=1S/C23H25N5O2S/c1-13-17(23(30)28(2)16-5-6-16)10-18(21(29)26-13)19-12-31-22(27-19)15-7-8-24-20(9-15)25-11-14-3-4-14/h7-10,12,14,16H,3-6,11H2,1-2H3,(H,24,25)(H,26,29). The number of aryl methyl sites for hydroxylation is 1. The van der Waals surface area contributed by atoms with Crippen LogP contribution in [-0.4, -0.2) is 45.4 Å². The zero-order valence-corrected chi connectivity index (χ0v) is 18.5. The molecular formula is C23H25N5O2S. The Kier molecular flexibility index (Phi) is 5.09. The van der Waals surface area contributed by atoms with E-state index in [-0.39, 0.29) is 11.5 Å². The molecule has 0 aromatic carbocycles. The summed E-state index contributed by atoms with van der Waals surface area (Å²) >= 11 is 1.48. The molecule has 0 bridgehead atoms. The highest BCUT2D eigenvalue weighted by molar-refractivity contribution is 7.13. The molecule has 3 aromatic heterocycles. The fourth-order valence-electron chi connectivity index (χ4n) is 3.61. The van der Waals surface area contributed by atoms with Crippen LogP contribution in [-0.2, 0) is 0 Å². The zero-order valence-electron chi connectivity index (χ0n) is 17.6. The fraction of sp³-hybridized carbons (Fsp3) is 0.391. The Morgan fingerprint density at radius 2 is 2.10 bits per heavy atom. The van der Waals surface area contributed by atoms with Crippen LogP contribution in [0.2, 0.25) is 0 Å². The molecule has 0 radical (unpaired) electrons. The van der Waals surface area contributed by atoms with Gasteiger partial charge in [-0.25, -0.2) is 9.97 Å². The van der Waals surface area contributed by atoms with E-state index in [2.05, 4.69) is 15.3 Å². The Morgan fingerprint density at radius 3 is 2.84 bits per heavy atom. The van der Waals surface area contributed by atoms with Crippen molar-refractivity contribution in [1.29, 1.82) is 0 Å². The highest BCUT2D eigenvalue weighted by Crippen LogP contribution is 2.32. The summed E-state index contributed by atoms with van der Waals surface area (Å²) in [5.41, 5.74) is 2.83. The van der Waals surface area contributed by atoms with E-state index in [0.717, 1.165) is 41.7 Å². The highest BCUT2D eigenvalue weighted by Gasteiger charge is 2.31. The minimum atomic E-state index is -0.235. The van der Waals surface area contributed by atoms with Crippen LogP contribution in [0.1, 0.15) is 41.7 Å². The van der Waals surface area contributed by atoms with E-state index in [1.165, 1.54) is 24.2 Å². The number of rotatable bonds is 7. The average Bonchev–Trinajstić information content (AvgIpc) is 3.70. The predicted molar refractivity (Wildman–Crippen MR) is 122 cm³/mol. The molecule has 5 rings (SSSR count). The Labute approximate surface area is 184 Å². The fourth-order valence-corrected chi connectivity index (χ4v) is 4.43. The van der Waals surface area contributed by atoms with Gasteiger partial charge in [0.05, 0.1) is 16.8 Å². The SMILES string of the molecule is Cc1[nH]c(=O)c(-c2csc(-c3ccnc(NCC4CC4)c3)n2)cc1C(=O)N(C)C1CC1.